The van der Waals surface area contributed by atoms with Crippen LogP contribution in [-0.2, 0) is 0 Å². The first-order chi connectivity index (χ1) is 9.85. The number of benzene rings is 1. The molecule has 1 aromatic carbocycles. The lowest BCUT2D eigenvalue weighted by Crippen LogP contribution is -2.33. The van der Waals surface area contributed by atoms with E-state index in [0.29, 0.717) is 11.6 Å². The van der Waals surface area contributed by atoms with E-state index in [1.54, 1.807) is 6.07 Å². The average Bonchev–Trinajstić information content (AvgIpc) is 2.44. The Morgan fingerprint density at radius 2 is 1.86 bits per heavy atom. The zero-order valence-corrected chi connectivity index (χ0v) is 11.7. The predicted octanol–water partition coefficient (Wildman–Crippen LogP) is 3.61. The van der Waals surface area contributed by atoms with Gasteiger partial charge in [-0.3, -0.25) is 4.79 Å². The molecule has 0 aromatic heterocycles. The van der Waals surface area contributed by atoms with Gasteiger partial charge < -0.3 is 11.1 Å². The van der Waals surface area contributed by atoms with E-state index in [4.69, 9.17) is 5.73 Å². The number of rotatable bonds is 3. The fraction of sp³-hybridized carbons (Fsp3) is 0.533. The minimum atomic E-state index is -4.41. The van der Waals surface area contributed by atoms with Gasteiger partial charge in [0.25, 0.3) is 5.91 Å². The number of anilines is 1. The summed E-state index contributed by atoms with van der Waals surface area (Å²) in [6.45, 7) is -1.33. The molecule has 2 rings (SSSR count). The summed E-state index contributed by atoms with van der Waals surface area (Å²) in [7, 11) is 0. The highest BCUT2D eigenvalue weighted by Crippen LogP contribution is 2.33. The van der Waals surface area contributed by atoms with E-state index in [2.05, 4.69) is 0 Å². The number of hydrogen-bond donors (Lipinski definition) is 2. The molecule has 0 unspecified atom stereocenters. The maximum Gasteiger partial charge on any atom is 0.405 e. The molecule has 0 atom stereocenters. The number of carbonyl (C=O) groups excluding carboxylic acids is 1. The zero-order valence-electron chi connectivity index (χ0n) is 11.7. The highest BCUT2D eigenvalue weighted by atomic mass is 19.4. The first-order valence-electron chi connectivity index (χ1n) is 7.10. The van der Waals surface area contributed by atoms with E-state index in [1.807, 2.05) is 11.4 Å². The number of hydrogen-bond acceptors (Lipinski definition) is 2. The Balaban J connectivity index is 2.12. The van der Waals surface area contributed by atoms with Gasteiger partial charge in [0.05, 0.1) is 0 Å². The second-order valence-electron chi connectivity index (χ2n) is 5.52. The summed E-state index contributed by atoms with van der Waals surface area (Å²) < 4.78 is 36.4. The van der Waals surface area contributed by atoms with Crippen molar-refractivity contribution >= 4 is 11.6 Å². The maximum absolute atomic E-state index is 12.1. The summed E-state index contributed by atoms with van der Waals surface area (Å²) in [5.74, 6) is -0.395. The molecule has 1 aromatic rings. The van der Waals surface area contributed by atoms with Gasteiger partial charge in [0, 0.05) is 11.3 Å². The Hall–Kier alpha value is -1.72. The third kappa shape index (κ3) is 4.65. The van der Waals surface area contributed by atoms with Crippen LogP contribution < -0.4 is 11.1 Å². The Morgan fingerprint density at radius 3 is 2.48 bits per heavy atom. The van der Waals surface area contributed by atoms with Gasteiger partial charge in [-0.15, -0.1) is 0 Å². The van der Waals surface area contributed by atoms with Crippen molar-refractivity contribution in [1.82, 2.24) is 5.32 Å². The van der Waals surface area contributed by atoms with Crippen LogP contribution in [0.15, 0.2) is 18.2 Å². The van der Waals surface area contributed by atoms with E-state index in [0.717, 1.165) is 31.2 Å². The first kappa shape index (κ1) is 15.7. The van der Waals surface area contributed by atoms with Gasteiger partial charge in [-0.25, -0.2) is 0 Å². The Morgan fingerprint density at radius 1 is 1.19 bits per heavy atom. The van der Waals surface area contributed by atoms with E-state index < -0.39 is 18.6 Å². The van der Waals surface area contributed by atoms with Gasteiger partial charge in [0.15, 0.2) is 0 Å². The standard InChI is InChI=1S/C15H19F3N2O/c16-15(17,18)9-20-14(21)12-6-11(7-13(19)8-12)10-4-2-1-3-5-10/h6-8,10H,1-5,9,19H2,(H,20,21). The van der Waals surface area contributed by atoms with Crippen LogP contribution in [0, 0.1) is 0 Å². The largest absolute Gasteiger partial charge is 0.405 e. The normalized spacial score (nSPS) is 16.7. The molecule has 0 saturated heterocycles. The highest BCUT2D eigenvalue weighted by molar-refractivity contribution is 5.95. The van der Waals surface area contributed by atoms with Crippen LogP contribution in [0.2, 0.25) is 0 Å². The van der Waals surface area contributed by atoms with Gasteiger partial charge >= 0.3 is 6.18 Å². The summed E-state index contributed by atoms with van der Waals surface area (Å²) in [4.78, 5) is 11.8. The van der Waals surface area contributed by atoms with Gasteiger partial charge in [-0.2, -0.15) is 13.2 Å². The van der Waals surface area contributed by atoms with Crippen LogP contribution in [0.5, 0.6) is 0 Å². The van der Waals surface area contributed by atoms with Gasteiger partial charge in [-0.1, -0.05) is 19.3 Å². The quantitative estimate of drug-likeness (QED) is 0.838. The average molecular weight is 300 g/mol. The van der Waals surface area contributed by atoms with Crippen LogP contribution in [0.25, 0.3) is 0 Å². The molecule has 116 valence electrons. The fourth-order valence-electron chi connectivity index (χ4n) is 2.76. The third-order valence-corrected chi connectivity index (χ3v) is 3.77. The van der Waals surface area contributed by atoms with Gasteiger partial charge in [-0.05, 0) is 42.5 Å². The molecule has 1 aliphatic carbocycles. The molecule has 0 bridgehead atoms. The van der Waals surface area contributed by atoms with Crippen LogP contribution in [0.1, 0.15) is 53.9 Å². The number of carbonyl (C=O) groups is 1. The van der Waals surface area contributed by atoms with Gasteiger partial charge in [0.2, 0.25) is 0 Å². The molecular weight excluding hydrogens is 281 g/mol. The van der Waals surface area contributed by atoms with Crippen molar-refractivity contribution in [3.8, 4) is 0 Å². The Kier molecular flexibility index (Phi) is 4.75. The predicted molar refractivity (Wildman–Crippen MR) is 75.1 cm³/mol. The van der Waals surface area contributed by atoms with Crippen molar-refractivity contribution in [2.45, 2.75) is 44.2 Å². The topological polar surface area (TPSA) is 55.1 Å². The summed E-state index contributed by atoms with van der Waals surface area (Å²) in [5.41, 5.74) is 7.34. The number of halogens is 3. The Labute approximate surface area is 121 Å². The van der Waals surface area contributed by atoms with Crippen LogP contribution >= 0.6 is 0 Å². The second-order valence-corrected chi connectivity index (χ2v) is 5.52. The summed E-state index contributed by atoms with van der Waals surface area (Å²) >= 11 is 0. The summed E-state index contributed by atoms with van der Waals surface area (Å²) in [6.07, 6.45) is 1.13. The number of nitrogen functional groups attached to an aromatic ring is 1. The number of amides is 1. The van der Waals surface area contributed by atoms with Crippen LogP contribution in [0.4, 0.5) is 18.9 Å². The third-order valence-electron chi connectivity index (χ3n) is 3.77. The SMILES string of the molecule is Nc1cc(C(=O)NCC(F)(F)F)cc(C2CCCCC2)c1. The second kappa shape index (κ2) is 6.37. The van der Waals surface area contributed by atoms with Gasteiger partial charge in [0.1, 0.15) is 6.54 Å². The van der Waals surface area contributed by atoms with Crippen molar-refractivity contribution in [1.29, 1.82) is 0 Å². The molecule has 3 nitrogen and oxygen atoms in total. The maximum atomic E-state index is 12.1. The van der Waals surface area contributed by atoms with Crippen molar-refractivity contribution in [3.05, 3.63) is 29.3 Å². The van der Waals surface area contributed by atoms with Crippen molar-refractivity contribution in [2.75, 3.05) is 12.3 Å². The number of alkyl halides is 3. The summed E-state index contributed by atoms with van der Waals surface area (Å²) in [5, 5.41) is 1.88. The Bertz CT molecular complexity index is 508. The fourth-order valence-corrected chi connectivity index (χ4v) is 2.76. The van der Waals surface area contributed by atoms with E-state index in [9.17, 15) is 18.0 Å². The minimum absolute atomic E-state index is 0.194. The molecule has 1 fully saturated rings. The first-order valence-corrected chi connectivity index (χ1v) is 7.10. The molecule has 1 amide bonds. The molecule has 1 saturated carbocycles. The minimum Gasteiger partial charge on any atom is -0.399 e. The molecule has 21 heavy (non-hydrogen) atoms. The van der Waals surface area contributed by atoms with E-state index >= 15 is 0 Å². The molecular formula is C15H19F3N2O. The van der Waals surface area contributed by atoms with Crippen LogP contribution in [0.3, 0.4) is 0 Å². The number of nitrogens with one attached hydrogen (secondary N) is 1. The smallest absolute Gasteiger partial charge is 0.399 e. The summed E-state index contributed by atoms with van der Waals surface area (Å²) in [6, 6.07) is 4.90. The highest BCUT2D eigenvalue weighted by Gasteiger charge is 2.28. The molecule has 0 spiro atoms. The van der Waals surface area contributed by atoms with E-state index in [-0.39, 0.29) is 5.56 Å². The lowest BCUT2D eigenvalue weighted by atomic mass is 9.83. The molecule has 0 aliphatic heterocycles. The molecule has 6 heteroatoms. The zero-order chi connectivity index (χ0) is 15.5. The van der Waals surface area contributed by atoms with E-state index in [1.165, 1.54) is 12.5 Å². The number of nitrogens with two attached hydrogens (primary N) is 1. The lowest BCUT2D eigenvalue weighted by molar-refractivity contribution is -0.123. The monoisotopic (exact) mass is 300 g/mol. The van der Waals surface area contributed by atoms with Crippen molar-refractivity contribution in [3.63, 3.8) is 0 Å². The molecule has 0 heterocycles. The van der Waals surface area contributed by atoms with Crippen molar-refractivity contribution < 1.29 is 18.0 Å². The molecule has 0 radical (unpaired) electrons. The van der Waals surface area contributed by atoms with Crippen molar-refractivity contribution in [2.24, 2.45) is 0 Å². The lowest BCUT2D eigenvalue weighted by Gasteiger charge is -2.22. The van der Waals surface area contributed by atoms with Crippen LogP contribution in [-0.4, -0.2) is 18.6 Å². The molecule has 3 N–H and O–H groups in total. The molecule has 1 aliphatic rings.